The highest BCUT2D eigenvalue weighted by Gasteiger charge is 2.09. The number of allylic oxidation sites excluding steroid dienone is 1. The normalized spacial score (nSPS) is 13.8. The van der Waals surface area contributed by atoms with Gasteiger partial charge in [-0.3, -0.25) is 4.79 Å². The number of esters is 1. The van der Waals surface area contributed by atoms with E-state index >= 15 is 0 Å². The number of nitrogens with one attached hydrogen (secondary N) is 1. The fraction of sp³-hybridized carbons (Fsp3) is 0.444. The smallest absolute Gasteiger partial charge is 0.344 e. The SMILES string of the molecule is O=C(COC(=O)COc1cccc(Br)c1)NCCC1=CCCCC1. The standard InChI is InChI=1S/C18H22BrNO4/c19-15-7-4-8-16(11-15)23-13-18(22)24-12-17(21)20-10-9-14-5-2-1-3-6-14/h4-5,7-8,11H,1-3,6,9-10,12-13H2,(H,20,21). The molecular weight excluding hydrogens is 374 g/mol. The van der Waals surface area contributed by atoms with E-state index in [2.05, 4.69) is 27.3 Å². The van der Waals surface area contributed by atoms with Gasteiger partial charge in [-0.25, -0.2) is 4.79 Å². The van der Waals surface area contributed by atoms with Crippen molar-refractivity contribution in [3.63, 3.8) is 0 Å². The predicted octanol–water partition coefficient (Wildman–Crippen LogP) is 3.38. The van der Waals surface area contributed by atoms with Gasteiger partial charge in [0.05, 0.1) is 0 Å². The molecule has 1 N–H and O–H groups in total. The summed E-state index contributed by atoms with van der Waals surface area (Å²) < 4.78 is 11.1. The molecule has 1 aliphatic rings. The molecule has 2 rings (SSSR count). The van der Waals surface area contributed by atoms with Crippen LogP contribution in [0.3, 0.4) is 0 Å². The number of rotatable bonds is 8. The first kappa shape index (κ1) is 18.5. The molecule has 5 nitrogen and oxygen atoms in total. The second kappa shape index (κ2) is 10.1. The Bertz CT molecular complexity index is 600. The Labute approximate surface area is 150 Å². The first-order valence-corrected chi connectivity index (χ1v) is 8.91. The van der Waals surface area contributed by atoms with Gasteiger partial charge in [0, 0.05) is 11.0 Å². The molecule has 130 valence electrons. The second-order valence-corrected chi connectivity index (χ2v) is 6.53. The Kier molecular flexibility index (Phi) is 7.82. The lowest BCUT2D eigenvalue weighted by molar-refractivity contribution is -0.150. The maximum absolute atomic E-state index is 11.7. The third-order valence-electron chi connectivity index (χ3n) is 3.67. The van der Waals surface area contributed by atoms with Crippen molar-refractivity contribution in [2.24, 2.45) is 0 Å². The van der Waals surface area contributed by atoms with Crippen LogP contribution in [-0.2, 0) is 14.3 Å². The first-order valence-electron chi connectivity index (χ1n) is 8.12. The van der Waals surface area contributed by atoms with Gasteiger partial charge in [-0.05, 0) is 50.3 Å². The van der Waals surface area contributed by atoms with Gasteiger partial charge in [0.15, 0.2) is 13.2 Å². The van der Waals surface area contributed by atoms with Gasteiger partial charge in [-0.2, -0.15) is 0 Å². The van der Waals surface area contributed by atoms with Crippen LogP contribution in [-0.4, -0.2) is 31.6 Å². The lowest BCUT2D eigenvalue weighted by atomic mass is 9.97. The van der Waals surface area contributed by atoms with E-state index < -0.39 is 5.97 Å². The molecule has 0 spiro atoms. The lowest BCUT2D eigenvalue weighted by Gasteiger charge is -2.13. The maximum atomic E-state index is 11.7. The highest BCUT2D eigenvalue weighted by Crippen LogP contribution is 2.19. The summed E-state index contributed by atoms with van der Waals surface area (Å²) in [7, 11) is 0. The molecule has 6 heteroatoms. The topological polar surface area (TPSA) is 64.6 Å². The quantitative estimate of drug-likeness (QED) is 0.541. The zero-order valence-corrected chi connectivity index (χ0v) is 15.1. The molecule has 0 heterocycles. The minimum Gasteiger partial charge on any atom is -0.482 e. The molecule has 0 radical (unpaired) electrons. The summed E-state index contributed by atoms with van der Waals surface area (Å²) in [6.45, 7) is 0.0765. The van der Waals surface area contributed by atoms with E-state index in [1.807, 2.05) is 6.07 Å². The van der Waals surface area contributed by atoms with Crippen LogP contribution in [0.2, 0.25) is 0 Å². The zero-order valence-electron chi connectivity index (χ0n) is 13.6. The Morgan fingerprint density at radius 1 is 1.21 bits per heavy atom. The van der Waals surface area contributed by atoms with Crippen LogP contribution >= 0.6 is 15.9 Å². The molecule has 0 fully saturated rings. The molecule has 0 bridgehead atoms. The van der Waals surface area contributed by atoms with E-state index in [1.165, 1.54) is 18.4 Å². The summed E-state index contributed by atoms with van der Waals surface area (Å²) in [5.41, 5.74) is 1.40. The van der Waals surface area contributed by atoms with Crippen LogP contribution in [0.25, 0.3) is 0 Å². The van der Waals surface area contributed by atoms with Crippen LogP contribution in [0.5, 0.6) is 5.75 Å². The van der Waals surface area contributed by atoms with Crippen molar-refractivity contribution < 1.29 is 19.1 Å². The third kappa shape index (κ3) is 7.17. The molecular formula is C18H22BrNO4. The molecule has 0 atom stereocenters. The van der Waals surface area contributed by atoms with Gasteiger partial charge in [0.2, 0.25) is 0 Å². The number of halogens is 1. The fourth-order valence-corrected chi connectivity index (χ4v) is 2.81. The van der Waals surface area contributed by atoms with Crippen LogP contribution in [0.1, 0.15) is 32.1 Å². The number of carbonyl (C=O) groups is 2. The predicted molar refractivity (Wildman–Crippen MR) is 94.8 cm³/mol. The maximum Gasteiger partial charge on any atom is 0.344 e. The van der Waals surface area contributed by atoms with Crippen molar-refractivity contribution in [2.75, 3.05) is 19.8 Å². The van der Waals surface area contributed by atoms with Crippen LogP contribution in [0.4, 0.5) is 0 Å². The van der Waals surface area contributed by atoms with Crippen LogP contribution < -0.4 is 10.1 Å². The fourth-order valence-electron chi connectivity index (χ4n) is 2.43. The van der Waals surface area contributed by atoms with Crippen molar-refractivity contribution >= 4 is 27.8 Å². The van der Waals surface area contributed by atoms with Gasteiger partial charge >= 0.3 is 5.97 Å². The van der Waals surface area contributed by atoms with Gasteiger partial charge < -0.3 is 14.8 Å². The first-order chi connectivity index (χ1) is 11.6. The highest BCUT2D eigenvalue weighted by atomic mass is 79.9. The highest BCUT2D eigenvalue weighted by molar-refractivity contribution is 9.10. The summed E-state index contributed by atoms with van der Waals surface area (Å²) >= 11 is 3.32. The number of hydrogen-bond donors (Lipinski definition) is 1. The monoisotopic (exact) mass is 395 g/mol. The Hall–Kier alpha value is -1.82. The number of benzene rings is 1. The molecule has 1 aromatic carbocycles. The Morgan fingerprint density at radius 2 is 2.08 bits per heavy atom. The number of amides is 1. The summed E-state index contributed by atoms with van der Waals surface area (Å²) in [6, 6.07) is 7.16. The van der Waals surface area contributed by atoms with E-state index in [0.717, 1.165) is 23.7 Å². The van der Waals surface area contributed by atoms with Crippen molar-refractivity contribution in [3.8, 4) is 5.75 Å². The summed E-state index contributed by atoms with van der Waals surface area (Å²) in [4.78, 5) is 23.2. The zero-order chi connectivity index (χ0) is 17.2. The summed E-state index contributed by atoms with van der Waals surface area (Å²) in [5.74, 6) is -0.297. The van der Waals surface area contributed by atoms with Gasteiger partial charge in [-0.1, -0.05) is 33.6 Å². The number of carbonyl (C=O) groups excluding carboxylic acids is 2. The van der Waals surface area contributed by atoms with E-state index in [1.54, 1.807) is 18.2 Å². The molecule has 24 heavy (non-hydrogen) atoms. The van der Waals surface area contributed by atoms with E-state index in [0.29, 0.717) is 12.3 Å². The van der Waals surface area contributed by atoms with E-state index in [4.69, 9.17) is 9.47 Å². The lowest BCUT2D eigenvalue weighted by Crippen LogP contribution is -2.30. The van der Waals surface area contributed by atoms with Crippen LogP contribution in [0.15, 0.2) is 40.4 Å². The van der Waals surface area contributed by atoms with E-state index in [9.17, 15) is 9.59 Å². The number of ether oxygens (including phenoxy) is 2. The molecule has 0 aromatic heterocycles. The number of hydrogen-bond acceptors (Lipinski definition) is 4. The van der Waals surface area contributed by atoms with Crippen molar-refractivity contribution in [1.29, 1.82) is 0 Å². The molecule has 1 aromatic rings. The summed E-state index contributed by atoms with van der Waals surface area (Å²) in [5, 5.41) is 2.76. The third-order valence-corrected chi connectivity index (χ3v) is 4.16. The van der Waals surface area contributed by atoms with Crippen molar-refractivity contribution in [3.05, 3.63) is 40.4 Å². The summed E-state index contributed by atoms with van der Waals surface area (Å²) in [6.07, 6.45) is 7.88. The van der Waals surface area contributed by atoms with E-state index in [-0.39, 0.29) is 19.1 Å². The average Bonchev–Trinajstić information content (AvgIpc) is 2.59. The van der Waals surface area contributed by atoms with Gasteiger partial charge in [0.1, 0.15) is 5.75 Å². The molecule has 0 unspecified atom stereocenters. The van der Waals surface area contributed by atoms with Gasteiger partial charge in [-0.15, -0.1) is 0 Å². The molecule has 1 amide bonds. The molecule has 1 aliphatic carbocycles. The Morgan fingerprint density at radius 3 is 2.83 bits per heavy atom. The van der Waals surface area contributed by atoms with Crippen molar-refractivity contribution in [1.82, 2.24) is 5.32 Å². The minimum absolute atomic E-state index is 0.226. The van der Waals surface area contributed by atoms with Crippen LogP contribution in [0, 0.1) is 0 Å². The molecule has 0 aliphatic heterocycles. The van der Waals surface area contributed by atoms with Crippen molar-refractivity contribution in [2.45, 2.75) is 32.1 Å². The average molecular weight is 396 g/mol. The molecule has 0 saturated carbocycles. The minimum atomic E-state index is -0.569. The molecule has 0 saturated heterocycles. The van der Waals surface area contributed by atoms with Gasteiger partial charge in [0.25, 0.3) is 5.91 Å². The largest absolute Gasteiger partial charge is 0.482 e. The Balaban J connectivity index is 1.57. The second-order valence-electron chi connectivity index (χ2n) is 5.61.